The Hall–Kier alpha value is -0.930. The second-order valence-electron chi connectivity index (χ2n) is 4.29. The quantitative estimate of drug-likeness (QED) is 0.789. The van der Waals surface area contributed by atoms with Crippen LogP contribution in [-0.2, 0) is 5.60 Å². The van der Waals surface area contributed by atoms with Gasteiger partial charge in [-0.25, -0.2) is 4.39 Å². The highest BCUT2D eigenvalue weighted by Crippen LogP contribution is 2.34. The van der Waals surface area contributed by atoms with Crippen molar-refractivity contribution in [1.82, 2.24) is 5.32 Å². The van der Waals surface area contributed by atoms with Gasteiger partial charge in [0.15, 0.2) is 0 Å². The van der Waals surface area contributed by atoms with E-state index in [1.54, 1.807) is 12.1 Å². The fraction of sp³-hybridized carbons (Fsp3) is 0.571. The van der Waals surface area contributed by atoms with Gasteiger partial charge >= 0.3 is 0 Å². The maximum atomic E-state index is 12.8. The lowest BCUT2D eigenvalue weighted by molar-refractivity contribution is -0.0392. The first-order valence-corrected chi connectivity index (χ1v) is 6.32. The third-order valence-electron chi connectivity index (χ3n) is 3.29. The first kappa shape index (κ1) is 14.1. The molecule has 1 aliphatic heterocycles. The summed E-state index contributed by atoms with van der Waals surface area (Å²) in [5.74, 6) is -0.111. The predicted octanol–water partition coefficient (Wildman–Crippen LogP) is 2.67. The van der Waals surface area contributed by atoms with Gasteiger partial charge in [0, 0.05) is 12.5 Å². The second-order valence-corrected chi connectivity index (χ2v) is 4.29. The summed E-state index contributed by atoms with van der Waals surface area (Å²) in [6.07, 6.45) is 0.680. The number of benzene rings is 1. The Morgan fingerprint density at radius 2 is 1.88 bits per heavy atom. The zero-order valence-electron chi connectivity index (χ0n) is 10.8. The highest BCUT2D eigenvalue weighted by atomic mass is 19.1. The van der Waals surface area contributed by atoms with Gasteiger partial charge in [-0.05, 0) is 30.7 Å². The van der Waals surface area contributed by atoms with E-state index >= 15 is 0 Å². The molecule has 1 heterocycles. The second kappa shape index (κ2) is 6.12. The summed E-state index contributed by atoms with van der Waals surface area (Å²) in [7, 11) is 0. The van der Waals surface area contributed by atoms with Gasteiger partial charge < -0.3 is 10.4 Å². The van der Waals surface area contributed by atoms with Crippen LogP contribution in [-0.4, -0.2) is 18.2 Å². The van der Waals surface area contributed by atoms with Crippen LogP contribution < -0.4 is 5.32 Å². The van der Waals surface area contributed by atoms with Gasteiger partial charge in [-0.2, -0.15) is 0 Å². The zero-order valence-corrected chi connectivity index (χ0v) is 10.8. The number of piperidine rings is 1. The number of aliphatic hydroxyl groups is 1. The topological polar surface area (TPSA) is 32.3 Å². The monoisotopic (exact) mass is 239 g/mol. The third-order valence-corrected chi connectivity index (χ3v) is 3.29. The molecule has 0 amide bonds. The van der Waals surface area contributed by atoms with Crippen molar-refractivity contribution in [2.75, 3.05) is 13.1 Å². The molecule has 2 rings (SSSR count). The first-order valence-electron chi connectivity index (χ1n) is 6.32. The molecule has 0 aliphatic carbocycles. The molecule has 3 heteroatoms. The maximum absolute atomic E-state index is 12.8. The Labute approximate surface area is 103 Å². The molecule has 1 aromatic carbocycles. The van der Waals surface area contributed by atoms with E-state index in [1.165, 1.54) is 12.1 Å². The van der Waals surface area contributed by atoms with Crippen LogP contribution in [0.3, 0.4) is 0 Å². The lowest BCUT2D eigenvalue weighted by Gasteiger charge is -2.39. The Morgan fingerprint density at radius 1 is 1.29 bits per heavy atom. The van der Waals surface area contributed by atoms with E-state index in [1.807, 2.05) is 20.8 Å². The van der Waals surface area contributed by atoms with E-state index in [4.69, 9.17) is 0 Å². The summed E-state index contributed by atoms with van der Waals surface area (Å²) in [5, 5.41) is 13.8. The van der Waals surface area contributed by atoms with Gasteiger partial charge in [0.1, 0.15) is 5.82 Å². The molecule has 1 aromatic rings. The number of nitrogens with one attached hydrogen (secondary N) is 1. The fourth-order valence-electron chi connectivity index (χ4n) is 2.18. The summed E-state index contributed by atoms with van der Waals surface area (Å²) in [6, 6.07) is 6.17. The van der Waals surface area contributed by atoms with E-state index in [-0.39, 0.29) is 11.7 Å². The van der Waals surface area contributed by atoms with Gasteiger partial charge in [-0.1, -0.05) is 32.9 Å². The van der Waals surface area contributed by atoms with E-state index in [2.05, 4.69) is 5.32 Å². The summed E-state index contributed by atoms with van der Waals surface area (Å²) >= 11 is 0. The Morgan fingerprint density at radius 3 is 2.41 bits per heavy atom. The third kappa shape index (κ3) is 3.05. The smallest absolute Gasteiger partial charge is 0.123 e. The molecule has 0 spiro atoms. The van der Waals surface area contributed by atoms with Gasteiger partial charge in [-0.3, -0.25) is 0 Å². The van der Waals surface area contributed by atoms with Crippen LogP contribution >= 0.6 is 0 Å². The molecule has 17 heavy (non-hydrogen) atoms. The van der Waals surface area contributed by atoms with E-state index in [0.717, 1.165) is 18.7 Å². The molecule has 2 atom stereocenters. The van der Waals surface area contributed by atoms with Crippen LogP contribution in [0.2, 0.25) is 0 Å². The predicted molar refractivity (Wildman–Crippen MR) is 68.3 cm³/mol. The van der Waals surface area contributed by atoms with Crippen molar-refractivity contribution in [3.63, 3.8) is 0 Å². The minimum absolute atomic E-state index is 0.150. The Balaban J connectivity index is 0.000000686. The van der Waals surface area contributed by atoms with Crippen LogP contribution in [0, 0.1) is 11.7 Å². The number of hydrogen-bond acceptors (Lipinski definition) is 2. The first-order chi connectivity index (χ1) is 8.13. The van der Waals surface area contributed by atoms with Crippen molar-refractivity contribution in [3.8, 4) is 0 Å². The van der Waals surface area contributed by atoms with Crippen molar-refractivity contribution in [1.29, 1.82) is 0 Å². The molecule has 0 saturated carbocycles. The van der Waals surface area contributed by atoms with E-state index < -0.39 is 5.60 Å². The molecule has 1 fully saturated rings. The SMILES string of the molecule is CC.CC1CNCCC1(O)c1ccc(F)cc1. The van der Waals surface area contributed by atoms with Crippen molar-refractivity contribution in [2.24, 2.45) is 5.92 Å². The van der Waals surface area contributed by atoms with Gasteiger partial charge in [0.25, 0.3) is 0 Å². The summed E-state index contributed by atoms with van der Waals surface area (Å²) in [6.45, 7) is 7.61. The fourth-order valence-corrected chi connectivity index (χ4v) is 2.18. The average molecular weight is 239 g/mol. The molecule has 2 nitrogen and oxygen atoms in total. The van der Waals surface area contributed by atoms with Crippen LogP contribution in [0.4, 0.5) is 4.39 Å². The largest absolute Gasteiger partial charge is 0.385 e. The average Bonchev–Trinajstić information content (AvgIpc) is 2.36. The molecule has 0 aromatic heterocycles. The Kier molecular flexibility index (Phi) is 5.09. The zero-order chi connectivity index (χ0) is 12.9. The minimum Gasteiger partial charge on any atom is -0.385 e. The lowest BCUT2D eigenvalue weighted by Crippen LogP contribution is -2.46. The highest BCUT2D eigenvalue weighted by molar-refractivity contribution is 5.24. The highest BCUT2D eigenvalue weighted by Gasteiger charge is 2.37. The van der Waals surface area contributed by atoms with Crippen molar-refractivity contribution >= 4 is 0 Å². The van der Waals surface area contributed by atoms with E-state index in [9.17, 15) is 9.50 Å². The maximum Gasteiger partial charge on any atom is 0.123 e. The molecule has 1 aliphatic rings. The van der Waals surface area contributed by atoms with Crippen LogP contribution in [0.25, 0.3) is 0 Å². The molecule has 1 saturated heterocycles. The van der Waals surface area contributed by atoms with Crippen LogP contribution in [0.15, 0.2) is 24.3 Å². The Bertz CT molecular complexity index is 339. The molecule has 2 N–H and O–H groups in total. The molecular weight excluding hydrogens is 217 g/mol. The van der Waals surface area contributed by atoms with Crippen molar-refractivity contribution in [2.45, 2.75) is 32.8 Å². The van der Waals surface area contributed by atoms with Gasteiger partial charge in [0.05, 0.1) is 5.60 Å². The molecule has 96 valence electrons. The molecule has 2 unspecified atom stereocenters. The standard InChI is InChI=1S/C12H16FNO.C2H6/c1-9-8-14-7-6-12(9,15)10-2-4-11(13)5-3-10;1-2/h2-5,9,14-15H,6-8H2,1H3;1-2H3. The molecule has 0 radical (unpaired) electrons. The molecular formula is C14H22FNO. The lowest BCUT2D eigenvalue weighted by atomic mass is 9.77. The van der Waals surface area contributed by atoms with Crippen LogP contribution in [0.5, 0.6) is 0 Å². The van der Waals surface area contributed by atoms with E-state index in [0.29, 0.717) is 6.42 Å². The summed E-state index contributed by atoms with van der Waals surface area (Å²) in [4.78, 5) is 0. The van der Waals surface area contributed by atoms with Gasteiger partial charge in [-0.15, -0.1) is 0 Å². The van der Waals surface area contributed by atoms with Gasteiger partial charge in [0.2, 0.25) is 0 Å². The van der Waals surface area contributed by atoms with Crippen LogP contribution in [0.1, 0.15) is 32.8 Å². The number of halogens is 1. The summed E-state index contributed by atoms with van der Waals surface area (Å²) in [5.41, 5.74) is 0.0109. The summed E-state index contributed by atoms with van der Waals surface area (Å²) < 4.78 is 12.8. The normalized spacial score (nSPS) is 28.2. The minimum atomic E-state index is -0.807. The molecule has 0 bridgehead atoms. The number of rotatable bonds is 1. The van der Waals surface area contributed by atoms with Crippen molar-refractivity contribution in [3.05, 3.63) is 35.6 Å². The number of hydrogen-bond donors (Lipinski definition) is 2. The van der Waals surface area contributed by atoms with Crippen molar-refractivity contribution < 1.29 is 9.50 Å².